The van der Waals surface area contributed by atoms with E-state index in [-0.39, 0.29) is 5.91 Å². The van der Waals surface area contributed by atoms with Crippen LogP contribution in [0.4, 0.5) is 5.69 Å². The fourth-order valence-corrected chi connectivity index (χ4v) is 3.45. The third-order valence-electron chi connectivity index (χ3n) is 4.85. The predicted octanol–water partition coefficient (Wildman–Crippen LogP) is 3.89. The molecule has 1 aromatic heterocycles. The molecule has 0 spiro atoms. The number of nitriles is 1. The topological polar surface area (TPSA) is 78.6 Å². The predicted molar refractivity (Wildman–Crippen MR) is 110 cm³/mol. The zero-order valence-corrected chi connectivity index (χ0v) is 15.8. The number of aromatic nitrogens is 1. The van der Waals surface area contributed by atoms with Gasteiger partial charge in [0.2, 0.25) is 0 Å². The van der Waals surface area contributed by atoms with Crippen LogP contribution in [0.3, 0.4) is 0 Å². The molecule has 1 atom stereocenters. The summed E-state index contributed by atoms with van der Waals surface area (Å²) in [5, 5.41) is 15.4. The van der Waals surface area contributed by atoms with E-state index in [0.717, 1.165) is 5.56 Å². The minimum absolute atomic E-state index is 0.211. The van der Waals surface area contributed by atoms with Crippen molar-refractivity contribution in [2.24, 2.45) is 5.10 Å². The molecule has 0 bridgehead atoms. The minimum atomic E-state index is -0.507. The van der Waals surface area contributed by atoms with Gasteiger partial charge in [0.25, 0.3) is 5.91 Å². The number of hydrazone groups is 1. The molecule has 2 heterocycles. The van der Waals surface area contributed by atoms with E-state index in [1.165, 1.54) is 5.01 Å². The Kier molecular flexibility index (Phi) is 5.04. The molecule has 0 radical (unpaired) electrons. The molecule has 0 saturated heterocycles. The highest BCUT2D eigenvalue weighted by Gasteiger charge is 2.36. The SMILES string of the molecule is COc1ccccc1C1CC(c2ccccn2)=NN(c2ccccc2C#N)C1=O. The summed E-state index contributed by atoms with van der Waals surface area (Å²) in [5.41, 5.74) is 2.98. The number of amides is 1. The van der Waals surface area contributed by atoms with Crippen LogP contribution in [-0.2, 0) is 4.79 Å². The number of rotatable bonds is 4. The molecule has 0 fully saturated rings. The molecule has 0 N–H and O–H groups in total. The second kappa shape index (κ2) is 7.95. The number of carbonyl (C=O) groups is 1. The van der Waals surface area contributed by atoms with E-state index in [0.29, 0.717) is 34.8 Å². The number of hydrogen-bond donors (Lipinski definition) is 0. The Morgan fingerprint density at radius 3 is 2.59 bits per heavy atom. The van der Waals surface area contributed by atoms with Crippen LogP contribution in [0, 0.1) is 11.3 Å². The van der Waals surface area contributed by atoms with Crippen LogP contribution in [0.15, 0.2) is 78.0 Å². The van der Waals surface area contributed by atoms with Crippen LogP contribution in [-0.4, -0.2) is 23.7 Å². The van der Waals surface area contributed by atoms with Crippen LogP contribution in [0.25, 0.3) is 0 Å². The van der Waals surface area contributed by atoms with Crippen LogP contribution >= 0.6 is 0 Å². The van der Waals surface area contributed by atoms with Gasteiger partial charge in [-0.25, -0.2) is 0 Å². The highest BCUT2D eigenvalue weighted by atomic mass is 16.5. The van der Waals surface area contributed by atoms with E-state index in [4.69, 9.17) is 4.74 Å². The van der Waals surface area contributed by atoms with Gasteiger partial charge in [-0.2, -0.15) is 15.4 Å². The first-order valence-corrected chi connectivity index (χ1v) is 9.18. The number of ether oxygens (including phenoxy) is 1. The number of hydrogen-bond acceptors (Lipinski definition) is 5. The van der Waals surface area contributed by atoms with Gasteiger partial charge in [-0.15, -0.1) is 0 Å². The molecule has 0 aliphatic carbocycles. The maximum Gasteiger partial charge on any atom is 0.255 e. The van der Waals surface area contributed by atoms with Gasteiger partial charge in [0.05, 0.1) is 35.7 Å². The molecule has 4 rings (SSSR count). The Morgan fingerprint density at radius 2 is 1.83 bits per heavy atom. The average molecular weight is 382 g/mol. The van der Waals surface area contributed by atoms with Gasteiger partial charge in [-0.3, -0.25) is 9.78 Å². The second-order valence-corrected chi connectivity index (χ2v) is 6.54. The van der Waals surface area contributed by atoms with Crippen molar-refractivity contribution in [2.45, 2.75) is 12.3 Å². The van der Waals surface area contributed by atoms with Crippen LogP contribution in [0.2, 0.25) is 0 Å². The first-order valence-electron chi connectivity index (χ1n) is 9.18. The molecule has 6 nitrogen and oxygen atoms in total. The first-order chi connectivity index (χ1) is 14.2. The highest BCUT2D eigenvalue weighted by molar-refractivity contribution is 6.11. The number of anilines is 1. The fraction of sp³-hybridized carbons (Fsp3) is 0.130. The van der Waals surface area contributed by atoms with Crippen molar-refractivity contribution in [3.8, 4) is 11.8 Å². The monoisotopic (exact) mass is 382 g/mol. The standard InChI is InChI=1S/C23H18N4O2/c1-29-22-12-5-3-9-17(22)18-14-20(19-10-6-7-13-25-19)26-27(23(18)28)21-11-4-2-8-16(21)15-24/h2-13,18H,14H2,1H3. The lowest BCUT2D eigenvalue weighted by molar-refractivity contribution is -0.120. The summed E-state index contributed by atoms with van der Waals surface area (Å²) in [5.74, 6) is -0.0778. The Morgan fingerprint density at radius 1 is 1.07 bits per heavy atom. The number of carbonyl (C=O) groups excluding carboxylic acids is 1. The van der Waals surface area contributed by atoms with Crippen LogP contribution < -0.4 is 9.75 Å². The molecule has 1 amide bonds. The Balaban J connectivity index is 1.87. The average Bonchev–Trinajstić information content (AvgIpc) is 2.80. The molecule has 1 unspecified atom stereocenters. The van der Waals surface area contributed by atoms with Crippen LogP contribution in [0.5, 0.6) is 5.75 Å². The maximum absolute atomic E-state index is 13.5. The van der Waals surface area contributed by atoms with E-state index in [2.05, 4.69) is 16.2 Å². The molecule has 29 heavy (non-hydrogen) atoms. The zero-order valence-electron chi connectivity index (χ0n) is 15.8. The van der Waals surface area contributed by atoms with Gasteiger partial charge in [0, 0.05) is 18.2 Å². The fourth-order valence-electron chi connectivity index (χ4n) is 3.45. The number of methoxy groups -OCH3 is 1. The normalized spacial score (nSPS) is 16.1. The molecule has 142 valence electrons. The van der Waals surface area contributed by atoms with E-state index in [1.807, 2.05) is 42.5 Å². The number of nitrogens with zero attached hydrogens (tertiary/aromatic N) is 4. The quantitative estimate of drug-likeness (QED) is 0.686. The summed E-state index contributed by atoms with van der Waals surface area (Å²) in [4.78, 5) is 17.9. The van der Waals surface area contributed by atoms with Gasteiger partial charge >= 0.3 is 0 Å². The Hall–Kier alpha value is -3.98. The van der Waals surface area contributed by atoms with Crippen molar-refractivity contribution < 1.29 is 9.53 Å². The third kappa shape index (κ3) is 3.46. The highest BCUT2D eigenvalue weighted by Crippen LogP contribution is 2.36. The molecule has 6 heteroatoms. The summed E-state index contributed by atoms with van der Waals surface area (Å²) >= 11 is 0. The van der Waals surface area contributed by atoms with Gasteiger partial charge in [-0.1, -0.05) is 36.4 Å². The van der Waals surface area contributed by atoms with Gasteiger partial charge in [0.15, 0.2) is 0 Å². The number of pyridine rings is 1. The third-order valence-corrected chi connectivity index (χ3v) is 4.85. The summed E-state index contributed by atoms with van der Waals surface area (Å²) in [7, 11) is 1.59. The lowest BCUT2D eigenvalue weighted by Gasteiger charge is -2.30. The summed E-state index contributed by atoms with van der Waals surface area (Å²) in [6.45, 7) is 0. The molecular formula is C23H18N4O2. The second-order valence-electron chi connectivity index (χ2n) is 6.54. The smallest absolute Gasteiger partial charge is 0.255 e. The lowest BCUT2D eigenvalue weighted by Crippen LogP contribution is -2.38. The lowest BCUT2D eigenvalue weighted by atomic mass is 9.89. The van der Waals surface area contributed by atoms with E-state index < -0.39 is 5.92 Å². The molecule has 2 aromatic carbocycles. The number of para-hydroxylation sites is 2. The van der Waals surface area contributed by atoms with E-state index >= 15 is 0 Å². The van der Waals surface area contributed by atoms with Gasteiger partial charge in [0.1, 0.15) is 11.8 Å². The van der Waals surface area contributed by atoms with Crippen molar-refractivity contribution in [3.63, 3.8) is 0 Å². The summed E-state index contributed by atoms with van der Waals surface area (Å²) < 4.78 is 5.50. The molecule has 0 saturated carbocycles. The largest absolute Gasteiger partial charge is 0.496 e. The molecule has 1 aliphatic heterocycles. The van der Waals surface area contributed by atoms with Crippen molar-refractivity contribution in [1.29, 1.82) is 5.26 Å². The summed E-state index contributed by atoms with van der Waals surface area (Å²) in [6.07, 6.45) is 2.08. The minimum Gasteiger partial charge on any atom is -0.496 e. The van der Waals surface area contributed by atoms with Crippen molar-refractivity contribution in [3.05, 3.63) is 89.7 Å². The zero-order chi connectivity index (χ0) is 20.2. The van der Waals surface area contributed by atoms with Gasteiger partial charge < -0.3 is 4.74 Å². The summed E-state index contributed by atoms with van der Waals surface area (Å²) in [6, 6.07) is 22.1. The van der Waals surface area contributed by atoms with Crippen molar-refractivity contribution in [1.82, 2.24) is 4.98 Å². The van der Waals surface area contributed by atoms with Crippen LogP contribution in [0.1, 0.15) is 29.2 Å². The molecule has 1 aliphatic rings. The first kappa shape index (κ1) is 18.4. The Labute approximate surface area is 168 Å². The number of benzene rings is 2. The molecule has 3 aromatic rings. The Bertz CT molecular complexity index is 1120. The molecular weight excluding hydrogens is 364 g/mol. The van der Waals surface area contributed by atoms with Gasteiger partial charge in [-0.05, 0) is 30.3 Å². The van der Waals surface area contributed by atoms with E-state index in [1.54, 1.807) is 37.6 Å². The van der Waals surface area contributed by atoms with Crippen molar-refractivity contribution >= 4 is 17.3 Å². The maximum atomic E-state index is 13.5. The van der Waals surface area contributed by atoms with E-state index in [9.17, 15) is 10.1 Å². The van der Waals surface area contributed by atoms with Crippen molar-refractivity contribution in [2.75, 3.05) is 12.1 Å².